The van der Waals surface area contributed by atoms with E-state index in [1.54, 1.807) is 0 Å². The van der Waals surface area contributed by atoms with Gasteiger partial charge in [0.25, 0.3) is 5.56 Å². The Morgan fingerprint density at radius 3 is 2.45 bits per heavy atom. The van der Waals surface area contributed by atoms with Crippen LogP contribution in [0.25, 0.3) is 11.1 Å². The van der Waals surface area contributed by atoms with E-state index in [9.17, 15) is 14.2 Å². The average molecular weight is 299 g/mol. The van der Waals surface area contributed by atoms with Crippen molar-refractivity contribution in [3.63, 3.8) is 0 Å². The number of rotatable bonds is 4. The zero-order valence-electron chi connectivity index (χ0n) is 9.94. The highest BCUT2D eigenvalue weighted by atomic mass is 31.2. The second-order valence-corrected chi connectivity index (χ2v) is 5.37. The third-order valence-electron chi connectivity index (χ3n) is 2.25. The molecule has 2 aromatic heterocycles. The van der Waals surface area contributed by atoms with E-state index < -0.39 is 25.2 Å². The highest BCUT2D eigenvalue weighted by Gasteiger charge is 2.18. The Balaban J connectivity index is 2.53. The van der Waals surface area contributed by atoms with E-state index in [4.69, 9.17) is 14.5 Å². The number of nitrogens with one attached hydrogen (secondary N) is 2. The van der Waals surface area contributed by atoms with Gasteiger partial charge in [-0.05, 0) is 17.7 Å². The van der Waals surface area contributed by atoms with Crippen molar-refractivity contribution in [3.05, 3.63) is 45.4 Å². The molecule has 0 aliphatic rings. The van der Waals surface area contributed by atoms with Crippen LogP contribution < -0.4 is 16.0 Å². The maximum atomic E-state index is 11.8. The standard InChI is InChI=1S/C10H10N3O6P/c14-8-7(6-1-3-11-4-2-6)9(13-10(15)12-8)19-5-20(16,17)18/h1-4H,5H2,(H2,16,17,18)(H2,12,13,14,15). The predicted octanol–water partition coefficient (Wildman–Crippen LogP) is -0.361. The van der Waals surface area contributed by atoms with Crippen LogP contribution in [0.3, 0.4) is 0 Å². The van der Waals surface area contributed by atoms with E-state index in [2.05, 4.69) is 9.97 Å². The largest absolute Gasteiger partial charge is 0.465 e. The van der Waals surface area contributed by atoms with Gasteiger partial charge >= 0.3 is 13.3 Å². The SMILES string of the molecule is O=c1[nH]c(OCP(=O)(O)O)c(-c2ccncc2)c(=O)[nH]1. The summed E-state index contributed by atoms with van der Waals surface area (Å²) in [4.78, 5) is 48.6. The van der Waals surface area contributed by atoms with Crippen molar-refractivity contribution in [1.29, 1.82) is 0 Å². The number of aromatic amines is 2. The smallest absolute Gasteiger partial charge is 0.362 e. The Kier molecular flexibility index (Phi) is 3.84. The molecule has 0 spiro atoms. The summed E-state index contributed by atoms with van der Waals surface area (Å²) < 4.78 is 15.7. The third kappa shape index (κ3) is 3.41. The van der Waals surface area contributed by atoms with E-state index >= 15 is 0 Å². The molecule has 0 atom stereocenters. The zero-order chi connectivity index (χ0) is 14.8. The number of aromatic nitrogens is 3. The molecular formula is C10H10N3O6P. The second-order valence-electron chi connectivity index (χ2n) is 3.79. The van der Waals surface area contributed by atoms with Crippen molar-refractivity contribution >= 4 is 7.60 Å². The van der Waals surface area contributed by atoms with E-state index in [0.717, 1.165) is 0 Å². The zero-order valence-corrected chi connectivity index (χ0v) is 10.8. The number of ether oxygens (including phenoxy) is 1. The quantitative estimate of drug-likeness (QED) is 0.564. The molecule has 0 radical (unpaired) electrons. The molecule has 0 aliphatic carbocycles. The molecule has 0 aromatic carbocycles. The lowest BCUT2D eigenvalue weighted by atomic mass is 10.1. The van der Waals surface area contributed by atoms with Gasteiger partial charge in [0.15, 0.2) is 6.35 Å². The van der Waals surface area contributed by atoms with Gasteiger partial charge in [0.05, 0.1) is 0 Å². The highest BCUT2D eigenvalue weighted by Crippen LogP contribution is 2.35. The molecule has 0 amide bonds. The molecule has 10 heteroatoms. The summed E-state index contributed by atoms with van der Waals surface area (Å²) in [7, 11) is -4.44. The fourth-order valence-corrected chi connectivity index (χ4v) is 1.80. The van der Waals surface area contributed by atoms with Crippen molar-refractivity contribution in [2.24, 2.45) is 0 Å². The minimum Gasteiger partial charge on any atom is -0.465 e. The molecule has 106 valence electrons. The summed E-state index contributed by atoms with van der Waals surface area (Å²) in [5.74, 6) is -0.312. The molecule has 2 heterocycles. The molecule has 0 bridgehead atoms. The monoisotopic (exact) mass is 299 g/mol. The highest BCUT2D eigenvalue weighted by molar-refractivity contribution is 7.51. The van der Waals surface area contributed by atoms with Gasteiger partial charge in [0, 0.05) is 12.4 Å². The minimum atomic E-state index is -4.44. The minimum absolute atomic E-state index is 0.0412. The number of hydrogen-bond acceptors (Lipinski definition) is 5. The van der Waals surface area contributed by atoms with E-state index in [-0.39, 0.29) is 11.4 Å². The first-order chi connectivity index (χ1) is 9.37. The first-order valence-electron chi connectivity index (χ1n) is 5.31. The Morgan fingerprint density at radius 1 is 1.20 bits per heavy atom. The fraction of sp³-hybridized carbons (Fsp3) is 0.100. The molecule has 0 fully saturated rings. The van der Waals surface area contributed by atoms with Gasteiger partial charge in [-0.15, -0.1) is 0 Å². The molecule has 9 nitrogen and oxygen atoms in total. The molecule has 0 aliphatic heterocycles. The van der Waals surface area contributed by atoms with Gasteiger partial charge in [-0.1, -0.05) is 0 Å². The van der Waals surface area contributed by atoms with Crippen molar-refractivity contribution in [2.45, 2.75) is 0 Å². The summed E-state index contributed by atoms with van der Waals surface area (Å²) in [5.41, 5.74) is -1.23. The summed E-state index contributed by atoms with van der Waals surface area (Å²) >= 11 is 0. The van der Waals surface area contributed by atoms with Crippen molar-refractivity contribution < 1.29 is 19.1 Å². The summed E-state index contributed by atoms with van der Waals surface area (Å²) in [5, 5.41) is 0. The van der Waals surface area contributed by atoms with Crippen molar-refractivity contribution in [3.8, 4) is 17.0 Å². The Hall–Kier alpha value is -2.22. The van der Waals surface area contributed by atoms with Gasteiger partial charge in [-0.25, -0.2) is 4.79 Å². The van der Waals surface area contributed by atoms with Gasteiger partial charge < -0.3 is 14.5 Å². The van der Waals surface area contributed by atoms with E-state index in [1.807, 2.05) is 4.98 Å². The molecule has 20 heavy (non-hydrogen) atoms. The topological polar surface area (TPSA) is 145 Å². The molecule has 2 rings (SSSR count). The molecule has 4 N–H and O–H groups in total. The van der Waals surface area contributed by atoms with Crippen molar-refractivity contribution in [2.75, 3.05) is 6.35 Å². The van der Waals surface area contributed by atoms with Crippen LogP contribution in [0.2, 0.25) is 0 Å². The van der Waals surface area contributed by atoms with Crippen LogP contribution in [-0.4, -0.2) is 31.1 Å². The molecule has 0 unspecified atom stereocenters. The molecule has 2 aromatic rings. The van der Waals surface area contributed by atoms with Crippen LogP contribution in [0.5, 0.6) is 5.88 Å². The second kappa shape index (κ2) is 5.41. The van der Waals surface area contributed by atoms with Gasteiger partial charge in [-0.2, -0.15) is 0 Å². The number of hydrogen-bond donors (Lipinski definition) is 4. The van der Waals surface area contributed by atoms with Crippen LogP contribution in [-0.2, 0) is 4.57 Å². The fourth-order valence-electron chi connectivity index (χ4n) is 1.50. The lowest BCUT2D eigenvalue weighted by Gasteiger charge is -2.10. The van der Waals surface area contributed by atoms with Gasteiger partial charge in [0.1, 0.15) is 5.56 Å². The Bertz CT molecular complexity index is 763. The van der Waals surface area contributed by atoms with Crippen LogP contribution >= 0.6 is 7.60 Å². The Labute approximate surface area is 111 Å². The van der Waals surface area contributed by atoms with Gasteiger partial charge in [-0.3, -0.25) is 24.3 Å². The number of H-pyrrole nitrogens is 2. The molecule has 0 saturated heterocycles. The van der Waals surface area contributed by atoms with E-state index in [0.29, 0.717) is 5.56 Å². The first-order valence-corrected chi connectivity index (χ1v) is 7.11. The van der Waals surface area contributed by atoms with Crippen LogP contribution in [0.4, 0.5) is 0 Å². The molecule has 0 saturated carbocycles. The third-order valence-corrected chi connectivity index (χ3v) is 2.72. The van der Waals surface area contributed by atoms with Crippen LogP contribution in [0, 0.1) is 0 Å². The Morgan fingerprint density at radius 2 is 1.85 bits per heavy atom. The lowest BCUT2D eigenvalue weighted by molar-refractivity contribution is 0.294. The predicted molar refractivity (Wildman–Crippen MR) is 68.5 cm³/mol. The first kappa shape index (κ1) is 14.2. The maximum Gasteiger partial charge on any atom is 0.362 e. The molecular weight excluding hydrogens is 289 g/mol. The lowest BCUT2D eigenvalue weighted by Crippen LogP contribution is -2.25. The summed E-state index contributed by atoms with van der Waals surface area (Å²) in [6, 6.07) is 2.99. The maximum absolute atomic E-state index is 11.8. The number of pyridine rings is 1. The van der Waals surface area contributed by atoms with E-state index in [1.165, 1.54) is 24.5 Å². The van der Waals surface area contributed by atoms with Crippen molar-refractivity contribution in [1.82, 2.24) is 15.0 Å². The average Bonchev–Trinajstić information content (AvgIpc) is 2.36. The number of nitrogens with zero attached hydrogens (tertiary/aromatic N) is 1. The van der Waals surface area contributed by atoms with Gasteiger partial charge in [0.2, 0.25) is 5.88 Å². The normalized spacial score (nSPS) is 11.3. The van der Waals surface area contributed by atoms with Crippen LogP contribution in [0.1, 0.15) is 0 Å². The summed E-state index contributed by atoms with van der Waals surface area (Å²) in [6.07, 6.45) is 1.89. The summed E-state index contributed by atoms with van der Waals surface area (Å²) in [6.45, 7) is 0. The van der Waals surface area contributed by atoms with Crippen LogP contribution in [0.15, 0.2) is 34.1 Å².